The van der Waals surface area contributed by atoms with Gasteiger partial charge in [0, 0.05) is 18.6 Å². The molecule has 1 fully saturated rings. The molecule has 150 valence electrons. The van der Waals surface area contributed by atoms with Crippen molar-refractivity contribution in [2.75, 3.05) is 17.7 Å². The molecule has 1 aliphatic rings. The van der Waals surface area contributed by atoms with Gasteiger partial charge in [-0.05, 0) is 52.5 Å². The van der Waals surface area contributed by atoms with Crippen molar-refractivity contribution in [1.82, 2.24) is 10.3 Å². The lowest BCUT2D eigenvalue weighted by molar-refractivity contribution is 0.0681. The van der Waals surface area contributed by atoms with Crippen LogP contribution in [0.4, 0.5) is 20.8 Å². The standard InChI is InChI=1S/C18H28FN5O3/c1-18(2,3)24-17(26)27-11-7-5-10(6-8-11)22-16-13(19)9-12(14(20)25)15(21-4)23-16/h9-11H,5-8H2,1-4H3,(H2,20,25)(H,24,26)(H2,21,22,23). The molecule has 0 unspecified atom stereocenters. The zero-order valence-corrected chi connectivity index (χ0v) is 16.2. The molecule has 0 atom stereocenters. The summed E-state index contributed by atoms with van der Waals surface area (Å²) in [4.78, 5) is 27.3. The molecule has 1 heterocycles. The van der Waals surface area contributed by atoms with Crippen molar-refractivity contribution in [2.45, 2.75) is 64.1 Å². The number of amides is 2. The Morgan fingerprint density at radius 3 is 2.37 bits per heavy atom. The average molecular weight is 381 g/mol. The molecule has 0 aromatic carbocycles. The van der Waals surface area contributed by atoms with Gasteiger partial charge in [-0.2, -0.15) is 0 Å². The number of carbonyl (C=O) groups excluding carboxylic acids is 2. The molecular formula is C18H28FN5O3. The highest BCUT2D eigenvalue weighted by molar-refractivity contribution is 5.97. The molecule has 1 aliphatic carbocycles. The minimum Gasteiger partial charge on any atom is -0.446 e. The lowest BCUT2D eigenvalue weighted by atomic mass is 9.93. The van der Waals surface area contributed by atoms with Crippen molar-refractivity contribution in [3.8, 4) is 0 Å². The minimum atomic E-state index is -0.747. The fourth-order valence-electron chi connectivity index (χ4n) is 2.97. The third kappa shape index (κ3) is 5.97. The molecule has 1 saturated carbocycles. The summed E-state index contributed by atoms with van der Waals surface area (Å²) in [7, 11) is 1.58. The lowest BCUT2D eigenvalue weighted by Gasteiger charge is -2.30. The summed E-state index contributed by atoms with van der Waals surface area (Å²) in [6.07, 6.45) is 2.19. The summed E-state index contributed by atoms with van der Waals surface area (Å²) in [6, 6.07) is 1.08. The molecule has 2 amide bonds. The Hall–Kier alpha value is -2.58. The van der Waals surface area contributed by atoms with Crippen LogP contribution in [-0.2, 0) is 4.74 Å². The van der Waals surface area contributed by atoms with E-state index in [1.54, 1.807) is 7.05 Å². The third-order valence-corrected chi connectivity index (χ3v) is 4.24. The number of aromatic nitrogens is 1. The maximum absolute atomic E-state index is 14.2. The smallest absolute Gasteiger partial charge is 0.407 e. The molecule has 0 spiro atoms. The van der Waals surface area contributed by atoms with Crippen LogP contribution in [0.25, 0.3) is 0 Å². The van der Waals surface area contributed by atoms with E-state index in [2.05, 4.69) is 20.9 Å². The van der Waals surface area contributed by atoms with Crippen LogP contribution in [0.5, 0.6) is 0 Å². The number of ether oxygens (including phenoxy) is 1. The number of anilines is 2. The highest BCUT2D eigenvalue weighted by Crippen LogP contribution is 2.26. The number of halogens is 1. The van der Waals surface area contributed by atoms with E-state index in [-0.39, 0.29) is 34.9 Å². The highest BCUT2D eigenvalue weighted by atomic mass is 19.1. The fraction of sp³-hybridized carbons (Fsp3) is 0.611. The van der Waals surface area contributed by atoms with Crippen LogP contribution < -0.4 is 21.7 Å². The Morgan fingerprint density at radius 2 is 1.85 bits per heavy atom. The zero-order chi connectivity index (χ0) is 20.2. The molecule has 1 aromatic heterocycles. The molecule has 8 nitrogen and oxygen atoms in total. The van der Waals surface area contributed by atoms with Gasteiger partial charge in [0.05, 0.1) is 5.56 Å². The minimum absolute atomic E-state index is 0.00154. The van der Waals surface area contributed by atoms with E-state index < -0.39 is 17.8 Å². The Bertz CT molecular complexity index is 697. The highest BCUT2D eigenvalue weighted by Gasteiger charge is 2.26. The van der Waals surface area contributed by atoms with Crippen molar-refractivity contribution in [3.05, 3.63) is 17.4 Å². The second kappa shape index (κ2) is 8.41. The second-order valence-corrected chi connectivity index (χ2v) is 7.73. The first kappa shape index (κ1) is 20.7. The summed E-state index contributed by atoms with van der Waals surface area (Å²) in [5, 5.41) is 8.58. The lowest BCUT2D eigenvalue weighted by Crippen LogP contribution is -2.43. The maximum atomic E-state index is 14.2. The SMILES string of the molecule is CNc1nc(NC2CCC(OC(=O)NC(C)(C)C)CC2)c(F)cc1C(N)=O. The van der Waals surface area contributed by atoms with Crippen LogP contribution >= 0.6 is 0 Å². The van der Waals surface area contributed by atoms with Gasteiger partial charge in [0.1, 0.15) is 11.9 Å². The predicted molar refractivity (Wildman–Crippen MR) is 101 cm³/mol. The van der Waals surface area contributed by atoms with E-state index in [0.29, 0.717) is 25.7 Å². The van der Waals surface area contributed by atoms with Gasteiger partial charge in [0.15, 0.2) is 11.6 Å². The van der Waals surface area contributed by atoms with Crippen molar-refractivity contribution in [2.24, 2.45) is 5.73 Å². The number of pyridine rings is 1. The number of rotatable bonds is 5. The predicted octanol–water partition coefficient (Wildman–Crippen LogP) is 2.61. The number of alkyl carbamates (subject to hydrolysis) is 1. The Balaban J connectivity index is 1.92. The zero-order valence-electron chi connectivity index (χ0n) is 16.2. The van der Waals surface area contributed by atoms with Gasteiger partial charge in [0.25, 0.3) is 5.91 Å². The molecule has 2 rings (SSSR count). The van der Waals surface area contributed by atoms with Crippen LogP contribution in [0, 0.1) is 5.82 Å². The molecule has 1 aromatic rings. The Labute approximate surface area is 158 Å². The molecule has 0 radical (unpaired) electrons. The largest absolute Gasteiger partial charge is 0.446 e. The van der Waals surface area contributed by atoms with Crippen LogP contribution in [0.3, 0.4) is 0 Å². The van der Waals surface area contributed by atoms with Gasteiger partial charge in [-0.25, -0.2) is 14.2 Å². The topological polar surface area (TPSA) is 118 Å². The van der Waals surface area contributed by atoms with E-state index in [1.807, 2.05) is 20.8 Å². The summed E-state index contributed by atoms with van der Waals surface area (Å²) in [5.74, 6) is -1.09. The van der Waals surface area contributed by atoms with Gasteiger partial charge in [-0.1, -0.05) is 0 Å². The Morgan fingerprint density at radius 1 is 1.22 bits per heavy atom. The third-order valence-electron chi connectivity index (χ3n) is 4.24. The van der Waals surface area contributed by atoms with Gasteiger partial charge < -0.3 is 26.4 Å². The van der Waals surface area contributed by atoms with E-state index in [1.165, 1.54) is 0 Å². The van der Waals surface area contributed by atoms with E-state index >= 15 is 0 Å². The summed E-state index contributed by atoms with van der Waals surface area (Å²) in [5.41, 5.74) is 4.89. The van der Waals surface area contributed by atoms with Gasteiger partial charge in [-0.3, -0.25) is 4.79 Å². The molecule has 0 aliphatic heterocycles. The van der Waals surface area contributed by atoms with Crippen molar-refractivity contribution in [3.63, 3.8) is 0 Å². The van der Waals surface area contributed by atoms with Crippen molar-refractivity contribution in [1.29, 1.82) is 0 Å². The van der Waals surface area contributed by atoms with Gasteiger partial charge >= 0.3 is 6.09 Å². The van der Waals surface area contributed by atoms with Gasteiger partial charge in [-0.15, -0.1) is 0 Å². The molecule has 0 saturated heterocycles. The number of nitrogens with zero attached hydrogens (tertiary/aromatic N) is 1. The van der Waals surface area contributed by atoms with Crippen molar-refractivity contribution >= 4 is 23.6 Å². The van der Waals surface area contributed by atoms with Crippen LogP contribution in [0.1, 0.15) is 56.8 Å². The van der Waals surface area contributed by atoms with E-state index in [9.17, 15) is 14.0 Å². The summed E-state index contributed by atoms with van der Waals surface area (Å²) < 4.78 is 19.7. The number of primary amides is 1. The van der Waals surface area contributed by atoms with E-state index in [0.717, 1.165) is 6.07 Å². The number of nitrogens with one attached hydrogen (secondary N) is 3. The monoisotopic (exact) mass is 381 g/mol. The molecule has 0 bridgehead atoms. The maximum Gasteiger partial charge on any atom is 0.407 e. The van der Waals surface area contributed by atoms with Gasteiger partial charge in [0.2, 0.25) is 0 Å². The van der Waals surface area contributed by atoms with Crippen LogP contribution in [-0.4, -0.2) is 41.7 Å². The van der Waals surface area contributed by atoms with Crippen LogP contribution in [0.2, 0.25) is 0 Å². The first-order valence-electron chi connectivity index (χ1n) is 9.02. The molecule has 9 heteroatoms. The quantitative estimate of drug-likeness (QED) is 0.623. The summed E-state index contributed by atoms with van der Waals surface area (Å²) in [6.45, 7) is 5.67. The normalized spacial score (nSPS) is 19.9. The molecule has 5 N–H and O–H groups in total. The number of carbonyl (C=O) groups is 2. The second-order valence-electron chi connectivity index (χ2n) is 7.73. The Kier molecular flexibility index (Phi) is 6.45. The molecule has 27 heavy (non-hydrogen) atoms. The first-order chi connectivity index (χ1) is 12.6. The molecular weight excluding hydrogens is 353 g/mol. The fourth-order valence-corrected chi connectivity index (χ4v) is 2.97. The summed E-state index contributed by atoms with van der Waals surface area (Å²) >= 11 is 0. The number of hydrogen-bond acceptors (Lipinski definition) is 6. The number of nitrogens with two attached hydrogens (primary N) is 1. The van der Waals surface area contributed by atoms with Crippen molar-refractivity contribution < 1.29 is 18.7 Å². The number of hydrogen-bond donors (Lipinski definition) is 4. The first-order valence-corrected chi connectivity index (χ1v) is 9.02. The van der Waals surface area contributed by atoms with Crippen LogP contribution in [0.15, 0.2) is 6.07 Å². The average Bonchev–Trinajstić information content (AvgIpc) is 2.56. The van der Waals surface area contributed by atoms with E-state index in [4.69, 9.17) is 10.5 Å².